The molecule has 2 aromatic rings. The van der Waals surface area contributed by atoms with Crippen LogP contribution in [0.1, 0.15) is 33.2 Å². The van der Waals surface area contributed by atoms with Gasteiger partial charge in [0.2, 0.25) is 5.28 Å². The number of aromatic nitrogens is 4. The molecule has 0 bridgehead atoms. The molecule has 1 atom stereocenters. The van der Waals surface area contributed by atoms with Crippen molar-refractivity contribution in [2.75, 3.05) is 13.1 Å². The maximum absolute atomic E-state index is 14.8. The molecule has 1 saturated heterocycles. The molecule has 142 valence electrons. The van der Waals surface area contributed by atoms with Gasteiger partial charge in [-0.15, -0.1) is 0 Å². The molecule has 1 unspecified atom stereocenters. The lowest BCUT2D eigenvalue weighted by Crippen LogP contribution is -2.53. The van der Waals surface area contributed by atoms with E-state index in [1.807, 2.05) is 0 Å². The number of aromatic amines is 1. The number of alkyl halides is 2. The number of likely N-dealkylation sites (tertiary alicyclic amines) is 1. The summed E-state index contributed by atoms with van der Waals surface area (Å²) in [5.74, 6) is -3.36. The predicted octanol–water partition coefficient (Wildman–Crippen LogP) is 2.59. The van der Waals surface area contributed by atoms with E-state index in [1.165, 1.54) is 6.20 Å². The second-order valence-corrected chi connectivity index (χ2v) is 7.48. The van der Waals surface area contributed by atoms with Crippen molar-refractivity contribution < 1.29 is 18.3 Å². The van der Waals surface area contributed by atoms with E-state index in [1.54, 1.807) is 20.8 Å². The van der Waals surface area contributed by atoms with Gasteiger partial charge in [-0.05, 0) is 38.8 Å². The number of hydrogen-bond donors (Lipinski definition) is 1. The fourth-order valence-corrected chi connectivity index (χ4v) is 3.04. The number of nitrogens with zero attached hydrogens (tertiary/aromatic N) is 4. The summed E-state index contributed by atoms with van der Waals surface area (Å²) in [7, 11) is 0. The van der Waals surface area contributed by atoms with Crippen LogP contribution < -0.4 is 5.69 Å². The van der Waals surface area contributed by atoms with E-state index in [2.05, 4.69) is 15.0 Å². The van der Waals surface area contributed by atoms with E-state index in [0.29, 0.717) is 0 Å². The highest BCUT2D eigenvalue weighted by Gasteiger charge is 2.49. The minimum Gasteiger partial charge on any atom is -0.444 e. The molecule has 0 aliphatic carbocycles. The quantitative estimate of drug-likeness (QED) is 0.757. The van der Waals surface area contributed by atoms with Crippen LogP contribution in [0.25, 0.3) is 11.2 Å². The first-order valence-corrected chi connectivity index (χ1v) is 8.34. The van der Waals surface area contributed by atoms with Crippen LogP contribution in [0.5, 0.6) is 0 Å². The first-order valence-electron chi connectivity index (χ1n) is 7.96. The van der Waals surface area contributed by atoms with Crippen molar-refractivity contribution in [1.82, 2.24) is 24.4 Å². The summed E-state index contributed by atoms with van der Waals surface area (Å²) in [6.45, 7) is 4.14. The molecular formula is C15H18ClF2N5O3. The number of hydrogen-bond acceptors (Lipinski definition) is 5. The number of imidazole rings is 1. The highest BCUT2D eigenvalue weighted by atomic mass is 35.5. The van der Waals surface area contributed by atoms with Gasteiger partial charge < -0.3 is 14.6 Å². The Balaban J connectivity index is 1.90. The molecule has 11 heteroatoms. The van der Waals surface area contributed by atoms with Crippen LogP contribution in [0.15, 0.2) is 11.0 Å². The van der Waals surface area contributed by atoms with Gasteiger partial charge in [0.25, 0.3) is 5.92 Å². The second-order valence-electron chi connectivity index (χ2n) is 7.14. The molecule has 1 amide bonds. The minimum atomic E-state index is -3.36. The number of piperidine rings is 1. The third-order valence-electron chi connectivity index (χ3n) is 3.95. The van der Waals surface area contributed by atoms with Crippen LogP contribution in [-0.2, 0) is 4.74 Å². The minimum absolute atomic E-state index is 0.00499. The number of ether oxygens (including phenoxy) is 1. The van der Waals surface area contributed by atoms with Gasteiger partial charge in [0.15, 0.2) is 5.65 Å². The fourth-order valence-electron chi connectivity index (χ4n) is 2.91. The molecule has 1 N–H and O–H groups in total. The van der Waals surface area contributed by atoms with Crippen LogP contribution in [0.4, 0.5) is 13.6 Å². The number of nitrogens with one attached hydrogen (secondary N) is 1. The zero-order valence-electron chi connectivity index (χ0n) is 14.4. The Kier molecular flexibility index (Phi) is 4.41. The van der Waals surface area contributed by atoms with Gasteiger partial charge in [0.05, 0.1) is 12.7 Å². The van der Waals surface area contributed by atoms with Gasteiger partial charge in [-0.3, -0.25) is 4.57 Å². The average molecular weight is 390 g/mol. The summed E-state index contributed by atoms with van der Waals surface area (Å²) in [4.78, 5) is 35.3. The largest absolute Gasteiger partial charge is 0.444 e. The van der Waals surface area contributed by atoms with Crippen molar-refractivity contribution in [2.45, 2.75) is 44.8 Å². The van der Waals surface area contributed by atoms with E-state index >= 15 is 0 Å². The molecule has 26 heavy (non-hydrogen) atoms. The molecule has 0 radical (unpaired) electrons. The number of fused-ring (bicyclic) bond motifs is 1. The smallest absolute Gasteiger partial charge is 0.410 e. The number of amides is 1. The Hall–Kier alpha value is -2.23. The van der Waals surface area contributed by atoms with Gasteiger partial charge in [-0.25, -0.2) is 23.4 Å². The maximum Gasteiger partial charge on any atom is 0.410 e. The third-order valence-corrected chi connectivity index (χ3v) is 4.13. The highest BCUT2D eigenvalue weighted by Crippen LogP contribution is 2.37. The molecular weight excluding hydrogens is 372 g/mol. The predicted molar refractivity (Wildman–Crippen MR) is 89.6 cm³/mol. The average Bonchev–Trinajstić information content (AvgIpc) is 2.80. The molecule has 3 rings (SSSR count). The molecule has 1 fully saturated rings. The van der Waals surface area contributed by atoms with Gasteiger partial charge in [0.1, 0.15) is 17.2 Å². The van der Waals surface area contributed by atoms with Crippen LogP contribution in [0.2, 0.25) is 5.28 Å². The molecule has 8 nitrogen and oxygen atoms in total. The molecule has 0 saturated carbocycles. The molecule has 1 aliphatic rings. The second kappa shape index (κ2) is 6.19. The van der Waals surface area contributed by atoms with E-state index in [9.17, 15) is 18.4 Å². The normalized spacial score (nSPS) is 20.4. The lowest BCUT2D eigenvalue weighted by atomic mass is 10.0. The van der Waals surface area contributed by atoms with Crippen LogP contribution >= 0.6 is 11.6 Å². The highest BCUT2D eigenvalue weighted by molar-refractivity contribution is 6.28. The lowest BCUT2D eigenvalue weighted by Gasteiger charge is -2.38. The standard InChI is InChI=1S/C15H18ClF2N5O3/c1-14(2,3)26-13(25)22-5-4-9(15(17,18)7-22)23-10-8(20-12(23)24)6-19-11(16)21-10/h6,9H,4-5,7H2,1-3H3,(H,20,24). The Morgan fingerprint density at radius 2 is 2.15 bits per heavy atom. The van der Waals surface area contributed by atoms with Crippen molar-refractivity contribution >= 4 is 28.9 Å². The first-order chi connectivity index (χ1) is 12.0. The number of carbonyl (C=O) groups is 1. The SMILES string of the molecule is CC(C)(C)OC(=O)N1CCC(n2c(=O)[nH]c3cnc(Cl)nc32)C(F)(F)C1. The van der Waals surface area contributed by atoms with Crippen LogP contribution in [0, 0.1) is 0 Å². The Morgan fingerprint density at radius 1 is 1.46 bits per heavy atom. The van der Waals surface area contributed by atoms with Gasteiger partial charge in [-0.2, -0.15) is 4.98 Å². The summed E-state index contributed by atoms with van der Waals surface area (Å²) in [5, 5.41) is -0.153. The monoisotopic (exact) mass is 389 g/mol. The Labute approximate surface area is 152 Å². The van der Waals surface area contributed by atoms with Crippen molar-refractivity contribution in [3.05, 3.63) is 22.0 Å². The summed E-state index contributed by atoms with van der Waals surface area (Å²) < 4.78 is 35.6. The zero-order chi connectivity index (χ0) is 19.3. The van der Waals surface area contributed by atoms with E-state index in [0.717, 1.165) is 9.47 Å². The number of carbonyl (C=O) groups excluding carboxylic acids is 1. The molecule has 0 spiro atoms. The Bertz CT molecular complexity index is 905. The number of H-pyrrole nitrogens is 1. The topological polar surface area (TPSA) is 93.1 Å². The van der Waals surface area contributed by atoms with Gasteiger partial charge in [0, 0.05) is 6.54 Å². The van der Waals surface area contributed by atoms with Crippen molar-refractivity contribution in [3.8, 4) is 0 Å². The fraction of sp³-hybridized carbons (Fsp3) is 0.600. The lowest BCUT2D eigenvalue weighted by molar-refractivity contribution is -0.103. The summed E-state index contributed by atoms with van der Waals surface area (Å²) >= 11 is 5.73. The Morgan fingerprint density at radius 3 is 2.77 bits per heavy atom. The zero-order valence-corrected chi connectivity index (χ0v) is 15.2. The van der Waals surface area contributed by atoms with Crippen LogP contribution in [0.3, 0.4) is 0 Å². The van der Waals surface area contributed by atoms with Crippen LogP contribution in [-0.4, -0.2) is 55.1 Å². The molecule has 2 aromatic heterocycles. The van der Waals surface area contributed by atoms with Gasteiger partial charge in [-0.1, -0.05) is 0 Å². The number of rotatable bonds is 1. The van der Waals surface area contributed by atoms with Gasteiger partial charge >= 0.3 is 11.8 Å². The molecule has 1 aliphatic heterocycles. The van der Waals surface area contributed by atoms with Crippen molar-refractivity contribution in [2.24, 2.45) is 0 Å². The van der Waals surface area contributed by atoms with Crippen molar-refractivity contribution in [3.63, 3.8) is 0 Å². The molecule has 3 heterocycles. The third kappa shape index (κ3) is 3.50. The summed E-state index contributed by atoms with van der Waals surface area (Å²) in [6, 6.07) is -1.46. The van der Waals surface area contributed by atoms with E-state index in [-0.39, 0.29) is 29.4 Å². The summed E-state index contributed by atoms with van der Waals surface area (Å²) in [5.41, 5.74) is -1.30. The maximum atomic E-state index is 14.8. The molecule has 0 aromatic carbocycles. The van der Waals surface area contributed by atoms with E-state index < -0.39 is 35.9 Å². The summed E-state index contributed by atoms with van der Waals surface area (Å²) in [6.07, 6.45) is 0.310. The van der Waals surface area contributed by atoms with E-state index in [4.69, 9.17) is 16.3 Å². The first kappa shape index (κ1) is 18.6. The number of halogens is 3. The van der Waals surface area contributed by atoms with Crippen molar-refractivity contribution in [1.29, 1.82) is 0 Å².